The molecule has 0 fully saturated rings. The van der Waals surface area contributed by atoms with Crippen molar-refractivity contribution in [1.82, 2.24) is 0 Å². The molecule has 0 aromatic rings. The van der Waals surface area contributed by atoms with Crippen LogP contribution < -0.4 is 0 Å². The summed E-state index contributed by atoms with van der Waals surface area (Å²) in [4.78, 5) is 0. The van der Waals surface area contributed by atoms with Gasteiger partial charge in [-0.3, -0.25) is 0 Å². The summed E-state index contributed by atoms with van der Waals surface area (Å²) in [7, 11) is 0. The molecule has 0 aromatic heterocycles. The van der Waals surface area contributed by atoms with Crippen molar-refractivity contribution in [2.45, 2.75) is 56.9 Å². The highest BCUT2D eigenvalue weighted by molar-refractivity contribution is 8.00. The van der Waals surface area contributed by atoms with E-state index in [1.807, 2.05) is 0 Å². The Bertz CT molecular complexity index is 151. The number of halogens is 4. The van der Waals surface area contributed by atoms with Crippen molar-refractivity contribution < 1.29 is 13.2 Å². The maximum atomic E-state index is 11.8. The monoisotopic (exact) mass is 276 g/mol. The van der Waals surface area contributed by atoms with Crippen molar-refractivity contribution in [3.8, 4) is 0 Å². The van der Waals surface area contributed by atoms with E-state index in [-0.39, 0.29) is 17.5 Å². The van der Waals surface area contributed by atoms with Gasteiger partial charge in [-0.05, 0) is 12.8 Å². The molecule has 0 atom stereocenters. The van der Waals surface area contributed by atoms with Gasteiger partial charge in [-0.25, -0.2) is 0 Å². The quantitative estimate of drug-likeness (QED) is 0.370. The average molecular weight is 277 g/mol. The molecule has 0 heterocycles. The van der Waals surface area contributed by atoms with Crippen LogP contribution in [0.2, 0.25) is 0 Å². The summed E-state index contributed by atoms with van der Waals surface area (Å²) in [5, 5.41) is 0. The highest BCUT2D eigenvalue weighted by atomic mass is 35.5. The normalized spacial score (nSPS) is 12.0. The third-order valence-corrected chi connectivity index (χ3v) is 3.38. The molecule has 0 radical (unpaired) electrons. The van der Waals surface area contributed by atoms with E-state index in [0.29, 0.717) is 6.42 Å². The third kappa shape index (κ3) is 14.4. The molecule has 0 aromatic carbocycles. The first-order valence-corrected chi connectivity index (χ1v) is 7.35. The minimum Gasteiger partial charge on any atom is -0.160 e. The maximum absolute atomic E-state index is 11.8. The Kier molecular flexibility index (Phi) is 10.9. The van der Waals surface area contributed by atoms with Crippen molar-refractivity contribution in [2.24, 2.45) is 0 Å². The lowest BCUT2D eigenvalue weighted by Crippen LogP contribution is -2.01. The van der Waals surface area contributed by atoms with Crippen LogP contribution in [0.1, 0.15) is 51.4 Å². The van der Waals surface area contributed by atoms with E-state index >= 15 is 0 Å². The molecule has 0 saturated heterocycles. The van der Waals surface area contributed by atoms with Gasteiger partial charge in [0.25, 0.3) is 0 Å². The summed E-state index contributed by atoms with van der Waals surface area (Å²) in [6.45, 7) is 0. The molecule has 0 aliphatic heterocycles. The van der Waals surface area contributed by atoms with Gasteiger partial charge >= 0.3 is 5.51 Å². The fourth-order valence-corrected chi connectivity index (χ4v) is 2.21. The Morgan fingerprint density at radius 1 is 0.750 bits per heavy atom. The molecule has 0 amide bonds. The Labute approximate surface area is 105 Å². The number of hydrogen-bond donors (Lipinski definition) is 0. The van der Waals surface area contributed by atoms with E-state index in [2.05, 4.69) is 0 Å². The molecule has 0 aliphatic carbocycles. The predicted octanol–water partition coefficient (Wildman–Crippen LogP) is 5.60. The Balaban J connectivity index is 2.99. The molecular formula is C11H20ClF3S. The Morgan fingerprint density at radius 2 is 1.19 bits per heavy atom. The van der Waals surface area contributed by atoms with Gasteiger partial charge in [-0.2, -0.15) is 13.2 Å². The van der Waals surface area contributed by atoms with Gasteiger partial charge in [-0.15, -0.1) is 11.6 Å². The zero-order valence-corrected chi connectivity index (χ0v) is 11.1. The molecule has 5 heteroatoms. The van der Waals surface area contributed by atoms with Crippen molar-refractivity contribution in [3.05, 3.63) is 0 Å². The molecule has 0 saturated carbocycles. The van der Waals surface area contributed by atoms with E-state index < -0.39 is 5.51 Å². The summed E-state index contributed by atoms with van der Waals surface area (Å²) >= 11 is 5.64. The zero-order chi connectivity index (χ0) is 12.3. The standard InChI is InChI=1S/C11H20ClF3S/c12-9-7-5-3-1-2-4-6-8-10-16-11(13,14)15/h1-10H2. The summed E-state index contributed by atoms with van der Waals surface area (Å²) in [6, 6.07) is 0. The van der Waals surface area contributed by atoms with Crippen LogP contribution in [0.3, 0.4) is 0 Å². The van der Waals surface area contributed by atoms with Crippen LogP contribution >= 0.6 is 23.4 Å². The van der Waals surface area contributed by atoms with E-state index in [4.69, 9.17) is 11.6 Å². The van der Waals surface area contributed by atoms with Crippen molar-refractivity contribution >= 4 is 23.4 Å². The molecule has 0 spiro atoms. The maximum Gasteiger partial charge on any atom is 0.441 e. The van der Waals surface area contributed by atoms with Gasteiger partial charge in [0.2, 0.25) is 0 Å². The molecule has 0 aliphatic rings. The van der Waals surface area contributed by atoms with Crippen molar-refractivity contribution in [3.63, 3.8) is 0 Å². The van der Waals surface area contributed by atoms with E-state index in [1.165, 1.54) is 19.3 Å². The van der Waals surface area contributed by atoms with Crippen LogP contribution in [0, 0.1) is 0 Å². The second-order valence-electron chi connectivity index (χ2n) is 3.81. The van der Waals surface area contributed by atoms with Crippen molar-refractivity contribution in [1.29, 1.82) is 0 Å². The molecular weight excluding hydrogens is 257 g/mol. The second kappa shape index (κ2) is 10.6. The Morgan fingerprint density at radius 3 is 1.62 bits per heavy atom. The molecule has 16 heavy (non-hydrogen) atoms. The summed E-state index contributed by atoms with van der Waals surface area (Å²) in [6.07, 6.45) is 8.41. The fourth-order valence-electron chi connectivity index (χ4n) is 1.45. The van der Waals surface area contributed by atoms with Gasteiger partial charge in [0.1, 0.15) is 0 Å². The molecule has 0 rings (SSSR count). The lowest BCUT2D eigenvalue weighted by atomic mass is 10.1. The highest BCUT2D eigenvalue weighted by Crippen LogP contribution is 2.30. The fraction of sp³-hybridized carbons (Fsp3) is 1.00. The summed E-state index contributed by atoms with van der Waals surface area (Å²) in [5.74, 6) is 0.935. The number of alkyl halides is 4. The van der Waals surface area contributed by atoms with Crippen LogP contribution in [-0.4, -0.2) is 17.1 Å². The number of thioether (sulfide) groups is 1. The second-order valence-corrected chi connectivity index (χ2v) is 5.35. The molecule has 0 nitrogen and oxygen atoms in total. The van der Waals surface area contributed by atoms with Gasteiger partial charge in [-0.1, -0.05) is 50.3 Å². The number of hydrogen-bond acceptors (Lipinski definition) is 1. The number of unbranched alkanes of at least 4 members (excludes halogenated alkanes) is 7. The summed E-state index contributed by atoms with van der Waals surface area (Å²) in [5.41, 5.74) is -4.05. The predicted molar refractivity (Wildman–Crippen MR) is 66.2 cm³/mol. The van der Waals surface area contributed by atoms with Crippen LogP contribution in [0.15, 0.2) is 0 Å². The van der Waals surface area contributed by atoms with E-state index in [0.717, 1.165) is 31.6 Å². The minimum atomic E-state index is -4.05. The average Bonchev–Trinajstić information content (AvgIpc) is 2.19. The third-order valence-electron chi connectivity index (χ3n) is 2.29. The van der Waals surface area contributed by atoms with Crippen molar-refractivity contribution in [2.75, 3.05) is 11.6 Å². The van der Waals surface area contributed by atoms with Crippen LogP contribution in [0.4, 0.5) is 13.2 Å². The van der Waals surface area contributed by atoms with Crippen LogP contribution in [-0.2, 0) is 0 Å². The minimum absolute atomic E-state index is 0.0938. The molecule has 0 N–H and O–H groups in total. The topological polar surface area (TPSA) is 0 Å². The lowest BCUT2D eigenvalue weighted by molar-refractivity contribution is -0.0328. The Hall–Kier alpha value is 0.430. The number of rotatable bonds is 10. The largest absolute Gasteiger partial charge is 0.441 e. The molecule has 98 valence electrons. The van der Waals surface area contributed by atoms with E-state index in [9.17, 15) is 13.2 Å². The van der Waals surface area contributed by atoms with Gasteiger partial charge < -0.3 is 0 Å². The first kappa shape index (κ1) is 16.4. The highest BCUT2D eigenvalue weighted by Gasteiger charge is 2.27. The summed E-state index contributed by atoms with van der Waals surface area (Å²) < 4.78 is 35.3. The lowest BCUT2D eigenvalue weighted by Gasteiger charge is -2.05. The SMILES string of the molecule is FC(F)(F)SCCCCCCCCCCCl. The van der Waals surface area contributed by atoms with Gasteiger partial charge in [0, 0.05) is 11.6 Å². The smallest absolute Gasteiger partial charge is 0.160 e. The van der Waals surface area contributed by atoms with Gasteiger partial charge in [0.15, 0.2) is 0 Å². The zero-order valence-electron chi connectivity index (χ0n) is 9.49. The molecule has 0 bridgehead atoms. The van der Waals surface area contributed by atoms with Crippen LogP contribution in [0.5, 0.6) is 0 Å². The molecule has 0 unspecified atom stereocenters. The first-order chi connectivity index (χ1) is 7.56. The van der Waals surface area contributed by atoms with Gasteiger partial charge in [0.05, 0.1) is 0 Å². The van der Waals surface area contributed by atoms with Crippen LogP contribution in [0.25, 0.3) is 0 Å². The van der Waals surface area contributed by atoms with E-state index in [1.54, 1.807) is 0 Å². The first-order valence-electron chi connectivity index (χ1n) is 5.83.